The molecule has 0 spiro atoms. The molecule has 0 amide bonds. The summed E-state index contributed by atoms with van der Waals surface area (Å²) in [5.74, 6) is 1.78. The maximum atomic E-state index is 5.38. The summed E-state index contributed by atoms with van der Waals surface area (Å²) in [6, 6.07) is 0.792. The van der Waals surface area contributed by atoms with Crippen LogP contribution in [0.3, 0.4) is 0 Å². The third-order valence-corrected chi connectivity index (χ3v) is 3.53. The molecule has 2 aliphatic heterocycles. The fraction of sp³-hybridized carbons (Fsp3) is 1.00. The highest BCUT2D eigenvalue weighted by molar-refractivity contribution is 4.83. The summed E-state index contributed by atoms with van der Waals surface area (Å²) >= 11 is 0. The van der Waals surface area contributed by atoms with E-state index in [0.717, 1.165) is 31.1 Å². The van der Waals surface area contributed by atoms with Crippen LogP contribution in [0.2, 0.25) is 0 Å². The van der Waals surface area contributed by atoms with Gasteiger partial charge in [-0.2, -0.15) is 0 Å². The molecule has 0 bridgehead atoms. The van der Waals surface area contributed by atoms with E-state index in [-0.39, 0.29) is 0 Å². The van der Waals surface area contributed by atoms with Crippen LogP contribution in [-0.2, 0) is 4.74 Å². The summed E-state index contributed by atoms with van der Waals surface area (Å²) in [4.78, 5) is 0. The first-order valence-corrected chi connectivity index (χ1v) is 5.67. The molecule has 2 nitrogen and oxygen atoms in total. The minimum atomic E-state index is 0.792. The molecule has 2 rings (SSSR count). The molecule has 1 N–H and O–H groups in total. The molecule has 0 aromatic carbocycles. The Morgan fingerprint density at radius 3 is 2.46 bits per heavy atom. The van der Waals surface area contributed by atoms with Crippen molar-refractivity contribution < 1.29 is 4.74 Å². The van der Waals surface area contributed by atoms with Crippen LogP contribution >= 0.6 is 0 Å². The summed E-state index contributed by atoms with van der Waals surface area (Å²) in [5, 5.41) is 3.68. The van der Waals surface area contributed by atoms with E-state index < -0.39 is 0 Å². The van der Waals surface area contributed by atoms with Crippen molar-refractivity contribution in [2.24, 2.45) is 11.8 Å². The van der Waals surface area contributed by atoms with E-state index >= 15 is 0 Å². The van der Waals surface area contributed by atoms with Crippen LogP contribution in [0.5, 0.6) is 0 Å². The van der Waals surface area contributed by atoms with Crippen molar-refractivity contribution >= 4 is 0 Å². The van der Waals surface area contributed by atoms with Crippen LogP contribution in [0.4, 0.5) is 0 Å². The topological polar surface area (TPSA) is 21.3 Å². The standard InChI is InChI=1S/C11H21NO/c1-9-2-3-11(12-8-9)10-4-6-13-7-5-10/h9-12H,2-8H2,1H3/t9-,11?/m0/s1. The highest BCUT2D eigenvalue weighted by Crippen LogP contribution is 2.25. The minimum absolute atomic E-state index is 0.792. The molecular weight excluding hydrogens is 162 g/mol. The Bertz CT molecular complexity index is 146. The number of ether oxygens (including phenoxy) is 1. The molecular formula is C11H21NO. The largest absolute Gasteiger partial charge is 0.381 e. The molecule has 13 heavy (non-hydrogen) atoms. The number of hydrogen-bond acceptors (Lipinski definition) is 2. The predicted octanol–water partition coefficient (Wildman–Crippen LogP) is 1.80. The molecule has 2 heteroatoms. The van der Waals surface area contributed by atoms with Crippen LogP contribution in [-0.4, -0.2) is 25.8 Å². The summed E-state index contributed by atoms with van der Waals surface area (Å²) in [6.07, 6.45) is 5.33. The van der Waals surface area contributed by atoms with E-state index in [9.17, 15) is 0 Å². The van der Waals surface area contributed by atoms with E-state index in [4.69, 9.17) is 4.74 Å². The van der Waals surface area contributed by atoms with Crippen molar-refractivity contribution in [2.75, 3.05) is 19.8 Å². The van der Waals surface area contributed by atoms with Gasteiger partial charge in [0.05, 0.1) is 0 Å². The normalized spacial score (nSPS) is 37.6. The number of rotatable bonds is 1. The van der Waals surface area contributed by atoms with Crippen molar-refractivity contribution in [1.29, 1.82) is 0 Å². The lowest BCUT2D eigenvalue weighted by atomic mass is 9.84. The first-order valence-electron chi connectivity index (χ1n) is 5.67. The highest BCUT2D eigenvalue weighted by Gasteiger charge is 2.26. The zero-order valence-corrected chi connectivity index (χ0v) is 8.59. The second-order valence-corrected chi connectivity index (χ2v) is 4.65. The lowest BCUT2D eigenvalue weighted by Gasteiger charge is -2.35. The maximum Gasteiger partial charge on any atom is 0.0469 e. The van der Waals surface area contributed by atoms with Crippen LogP contribution in [0, 0.1) is 11.8 Å². The van der Waals surface area contributed by atoms with Crippen molar-refractivity contribution in [3.63, 3.8) is 0 Å². The number of nitrogens with one attached hydrogen (secondary N) is 1. The molecule has 2 fully saturated rings. The third-order valence-electron chi connectivity index (χ3n) is 3.53. The Hall–Kier alpha value is -0.0800. The molecule has 76 valence electrons. The Morgan fingerprint density at radius 1 is 1.08 bits per heavy atom. The van der Waals surface area contributed by atoms with Gasteiger partial charge in [0.2, 0.25) is 0 Å². The van der Waals surface area contributed by atoms with Crippen molar-refractivity contribution in [3.8, 4) is 0 Å². The maximum absolute atomic E-state index is 5.38. The molecule has 0 aromatic heterocycles. The molecule has 0 aliphatic carbocycles. The average Bonchev–Trinajstić information content (AvgIpc) is 2.20. The average molecular weight is 183 g/mol. The molecule has 0 aromatic rings. The van der Waals surface area contributed by atoms with Gasteiger partial charge in [-0.1, -0.05) is 6.92 Å². The number of hydrogen-bond donors (Lipinski definition) is 1. The second kappa shape index (κ2) is 4.43. The Labute approximate surface area is 81.0 Å². The molecule has 0 saturated carbocycles. The lowest BCUT2D eigenvalue weighted by molar-refractivity contribution is 0.0478. The van der Waals surface area contributed by atoms with Gasteiger partial charge in [0, 0.05) is 19.3 Å². The van der Waals surface area contributed by atoms with Crippen LogP contribution < -0.4 is 5.32 Å². The minimum Gasteiger partial charge on any atom is -0.381 e. The summed E-state index contributed by atoms with van der Waals surface area (Å²) in [5.41, 5.74) is 0. The molecule has 2 atom stereocenters. The quantitative estimate of drug-likeness (QED) is 0.669. The first-order chi connectivity index (χ1) is 6.36. The predicted molar refractivity (Wildman–Crippen MR) is 53.7 cm³/mol. The van der Waals surface area contributed by atoms with E-state index in [2.05, 4.69) is 12.2 Å². The zero-order chi connectivity index (χ0) is 9.10. The van der Waals surface area contributed by atoms with Gasteiger partial charge in [-0.3, -0.25) is 0 Å². The van der Waals surface area contributed by atoms with Gasteiger partial charge in [0.15, 0.2) is 0 Å². The lowest BCUT2D eigenvalue weighted by Crippen LogP contribution is -2.44. The summed E-state index contributed by atoms with van der Waals surface area (Å²) in [6.45, 7) is 5.53. The Morgan fingerprint density at radius 2 is 1.85 bits per heavy atom. The van der Waals surface area contributed by atoms with E-state index in [0.29, 0.717) is 0 Å². The molecule has 0 radical (unpaired) electrons. The van der Waals surface area contributed by atoms with Gasteiger partial charge in [0.1, 0.15) is 0 Å². The second-order valence-electron chi connectivity index (χ2n) is 4.65. The van der Waals surface area contributed by atoms with Crippen LogP contribution in [0.15, 0.2) is 0 Å². The Balaban J connectivity index is 1.79. The van der Waals surface area contributed by atoms with E-state index in [1.807, 2.05) is 0 Å². The van der Waals surface area contributed by atoms with Gasteiger partial charge in [0.25, 0.3) is 0 Å². The van der Waals surface area contributed by atoms with Gasteiger partial charge in [-0.25, -0.2) is 0 Å². The summed E-state index contributed by atoms with van der Waals surface area (Å²) < 4.78 is 5.38. The highest BCUT2D eigenvalue weighted by atomic mass is 16.5. The van der Waals surface area contributed by atoms with Crippen molar-refractivity contribution in [2.45, 2.75) is 38.6 Å². The monoisotopic (exact) mass is 183 g/mol. The fourth-order valence-electron chi connectivity index (χ4n) is 2.54. The van der Waals surface area contributed by atoms with Gasteiger partial charge >= 0.3 is 0 Å². The molecule has 2 heterocycles. The van der Waals surface area contributed by atoms with Gasteiger partial charge < -0.3 is 10.1 Å². The van der Waals surface area contributed by atoms with Crippen LogP contribution in [0.1, 0.15) is 32.6 Å². The van der Waals surface area contributed by atoms with E-state index in [1.165, 1.54) is 32.2 Å². The third kappa shape index (κ3) is 2.44. The zero-order valence-electron chi connectivity index (χ0n) is 8.59. The van der Waals surface area contributed by atoms with E-state index in [1.54, 1.807) is 0 Å². The van der Waals surface area contributed by atoms with Gasteiger partial charge in [-0.05, 0) is 44.1 Å². The molecule has 1 unspecified atom stereocenters. The van der Waals surface area contributed by atoms with Crippen LogP contribution in [0.25, 0.3) is 0 Å². The first kappa shape index (κ1) is 9.47. The SMILES string of the molecule is C[C@H]1CCC(C2CCOCC2)NC1. The Kier molecular flexibility index (Phi) is 3.23. The number of piperidine rings is 1. The van der Waals surface area contributed by atoms with Crippen molar-refractivity contribution in [1.82, 2.24) is 5.32 Å². The molecule has 2 aliphatic rings. The van der Waals surface area contributed by atoms with Gasteiger partial charge in [-0.15, -0.1) is 0 Å². The molecule has 2 saturated heterocycles. The smallest absolute Gasteiger partial charge is 0.0469 e. The van der Waals surface area contributed by atoms with Crippen molar-refractivity contribution in [3.05, 3.63) is 0 Å². The summed E-state index contributed by atoms with van der Waals surface area (Å²) in [7, 11) is 0. The fourth-order valence-corrected chi connectivity index (χ4v) is 2.54.